The predicted octanol–water partition coefficient (Wildman–Crippen LogP) is 6.27. The van der Waals surface area contributed by atoms with Gasteiger partial charge in [0, 0.05) is 24.1 Å². The second-order valence-corrected chi connectivity index (χ2v) is 23.1. The number of amides is 7. The average molecular weight is 1080 g/mol. The van der Waals surface area contributed by atoms with E-state index in [1.165, 1.54) is 21.0 Å². The molecule has 4 aromatic carbocycles. The molecule has 1 saturated carbocycles. The van der Waals surface area contributed by atoms with Crippen LogP contribution in [0.25, 0.3) is 0 Å². The first-order valence-electron chi connectivity index (χ1n) is 28.4. The molecule has 17 heteroatoms. The van der Waals surface area contributed by atoms with Crippen LogP contribution in [-0.2, 0) is 54.8 Å². The summed E-state index contributed by atoms with van der Waals surface area (Å²) in [6.07, 6.45) is 8.40. The van der Waals surface area contributed by atoms with Crippen molar-refractivity contribution in [1.82, 2.24) is 47.2 Å². The maximum atomic E-state index is 14.6. The van der Waals surface area contributed by atoms with E-state index in [4.69, 9.17) is 4.74 Å². The van der Waals surface area contributed by atoms with Gasteiger partial charge >= 0.3 is 0 Å². The number of nitrogens with zero attached hydrogens (tertiary/aromatic N) is 2. The van der Waals surface area contributed by atoms with E-state index in [0.717, 1.165) is 73.6 Å². The number of nitrogens with one attached hydrogen (secondary N) is 7. The van der Waals surface area contributed by atoms with Crippen molar-refractivity contribution >= 4 is 41.4 Å². The molecule has 4 aromatic rings. The van der Waals surface area contributed by atoms with Crippen molar-refractivity contribution in [3.63, 3.8) is 0 Å². The zero-order chi connectivity index (χ0) is 56.4. The SMILES string of the molecule is CN[C@@H](C)C(=O)NC(C(=O)N1C[C@@H](NC(=O)c2ccc(COc3ccc(CN(NC(=O)[C@H](C)NC)C(=O)[C@@H]4CCCC[C@H]4C(=O)N[C@@H]4CCCc5ccccc54)cc3)cc2)CC1C(=O)N[C@@H]1CCCc2ccccc21)C(C)(C)C. The number of hydrazine groups is 1. The minimum Gasteiger partial charge on any atom is -0.489 e. The molecular formula is C62H81N9O8. The Morgan fingerprint density at radius 3 is 1.80 bits per heavy atom. The molecule has 4 aliphatic rings. The Balaban J connectivity index is 0.892. The van der Waals surface area contributed by atoms with Crippen LogP contribution >= 0.6 is 0 Å². The largest absolute Gasteiger partial charge is 0.489 e. The molecule has 1 aliphatic heterocycles. The van der Waals surface area contributed by atoms with Crippen molar-refractivity contribution in [2.45, 2.75) is 161 Å². The Bertz CT molecular complexity index is 2820. The second kappa shape index (κ2) is 26.2. The third-order valence-corrected chi connectivity index (χ3v) is 16.5. The van der Waals surface area contributed by atoms with E-state index in [1.807, 2.05) is 63.2 Å². The maximum Gasteiger partial charge on any atom is 0.255 e. The minimum atomic E-state index is -0.941. The van der Waals surface area contributed by atoms with Gasteiger partial charge in [0.2, 0.25) is 29.5 Å². The predicted molar refractivity (Wildman–Crippen MR) is 302 cm³/mol. The third-order valence-electron chi connectivity index (χ3n) is 16.5. The molecule has 7 amide bonds. The maximum absolute atomic E-state index is 14.6. The number of hydrogen-bond donors (Lipinski definition) is 7. The number of ether oxygens (including phenoxy) is 1. The normalized spacial score (nSPS) is 21.9. The van der Waals surface area contributed by atoms with Crippen molar-refractivity contribution in [2.75, 3.05) is 20.6 Å². The standard InChI is InChI=1S/C62H81N9O8/c1-38(63-6)55(72)68-54(62(3,4)5)61(78)70-36-45(34-53(70)59(76)67-52-25-15-19-43-17-9-11-21-48(43)52)65-57(74)44-30-26-41(27-31-44)37-79-46-32-28-40(29-33-46)35-71(69-56(73)39(2)64-7)60(77)50-23-13-12-22-49(50)58(75)66-51-24-14-18-42-16-8-10-20-47(42)51/h8-11,16-17,20-21,26-33,38-39,45,49-54,63-64H,12-15,18-19,22-25,34-37H2,1-7H3,(H,65,74)(H,66,75)(H,67,76)(H,68,72)(H,69,73)/t38-,39-,45-,49+,50+,51+,52+,53?,54?/m0/s1. The Morgan fingerprint density at radius 1 is 0.646 bits per heavy atom. The molecule has 9 atom stereocenters. The number of carbonyl (C=O) groups excluding carboxylic acids is 7. The summed E-state index contributed by atoms with van der Waals surface area (Å²) in [6, 6.07) is 26.8. The van der Waals surface area contributed by atoms with Gasteiger partial charge in [-0.25, -0.2) is 5.01 Å². The zero-order valence-electron chi connectivity index (χ0n) is 47.0. The van der Waals surface area contributed by atoms with Crippen molar-refractivity contribution in [3.05, 3.63) is 136 Å². The molecule has 0 aromatic heterocycles. The molecule has 2 unspecified atom stereocenters. The highest BCUT2D eigenvalue weighted by Crippen LogP contribution is 2.36. The van der Waals surface area contributed by atoms with Gasteiger partial charge in [0.1, 0.15) is 24.4 Å². The fourth-order valence-corrected chi connectivity index (χ4v) is 11.5. The van der Waals surface area contributed by atoms with Crippen LogP contribution in [-0.4, -0.2) is 102 Å². The van der Waals surface area contributed by atoms with Crippen LogP contribution < -0.4 is 42.1 Å². The van der Waals surface area contributed by atoms with Crippen LogP contribution in [0.15, 0.2) is 97.1 Å². The highest BCUT2D eigenvalue weighted by Gasteiger charge is 2.46. The van der Waals surface area contributed by atoms with Crippen molar-refractivity contribution < 1.29 is 38.3 Å². The molecule has 17 nitrogen and oxygen atoms in total. The van der Waals surface area contributed by atoms with Gasteiger partial charge in [-0.15, -0.1) is 0 Å². The molecule has 0 bridgehead atoms. The average Bonchev–Trinajstić information content (AvgIpc) is 3.94. The van der Waals surface area contributed by atoms with Gasteiger partial charge in [0.25, 0.3) is 11.8 Å². The number of hydrogen-bond acceptors (Lipinski definition) is 10. The number of likely N-dealkylation sites (N-methyl/N-ethyl adjacent to an activating group) is 2. The lowest BCUT2D eigenvalue weighted by Gasteiger charge is -2.36. The minimum absolute atomic E-state index is 0.0768. The lowest BCUT2D eigenvalue weighted by atomic mass is 9.77. The van der Waals surface area contributed by atoms with Crippen molar-refractivity contribution in [1.29, 1.82) is 0 Å². The lowest BCUT2D eigenvalue weighted by Crippen LogP contribution is -2.59. The number of benzene rings is 4. The number of likely N-dealkylation sites (tertiary alicyclic amines) is 1. The Hall–Kier alpha value is -7.11. The number of carbonyl (C=O) groups is 7. The summed E-state index contributed by atoms with van der Waals surface area (Å²) in [7, 11) is 3.35. The van der Waals surface area contributed by atoms with Gasteiger partial charge in [-0.05, 0) is 149 Å². The number of aryl methyl sites for hydroxylation is 2. The van der Waals surface area contributed by atoms with E-state index in [0.29, 0.717) is 24.2 Å². The summed E-state index contributed by atoms with van der Waals surface area (Å²) in [5.41, 5.74) is 8.75. The molecular weight excluding hydrogens is 999 g/mol. The van der Waals surface area contributed by atoms with Gasteiger partial charge < -0.3 is 41.5 Å². The first-order valence-corrected chi connectivity index (χ1v) is 28.4. The fraction of sp³-hybridized carbons (Fsp3) is 0.500. The monoisotopic (exact) mass is 1080 g/mol. The van der Waals surface area contributed by atoms with Crippen LogP contribution in [0.5, 0.6) is 5.75 Å². The number of fused-ring (bicyclic) bond motifs is 2. The lowest BCUT2D eigenvalue weighted by molar-refractivity contribution is -0.151. The van der Waals surface area contributed by atoms with E-state index in [1.54, 1.807) is 64.3 Å². The topological polar surface area (TPSA) is 219 Å². The smallest absolute Gasteiger partial charge is 0.255 e. The van der Waals surface area contributed by atoms with E-state index in [9.17, 15) is 33.6 Å². The molecule has 1 heterocycles. The molecule has 79 heavy (non-hydrogen) atoms. The van der Waals surface area contributed by atoms with Crippen molar-refractivity contribution in [2.24, 2.45) is 17.3 Å². The highest BCUT2D eigenvalue weighted by atomic mass is 16.5. The number of rotatable bonds is 18. The Morgan fingerprint density at radius 2 is 1.20 bits per heavy atom. The summed E-state index contributed by atoms with van der Waals surface area (Å²) < 4.78 is 6.16. The molecule has 422 valence electrons. The zero-order valence-corrected chi connectivity index (χ0v) is 47.0. The summed E-state index contributed by atoms with van der Waals surface area (Å²) in [6.45, 7) is 9.40. The van der Waals surface area contributed by atoms with Gasteiger partial charge in [-0.3, -0.25) is 39.0 Å². The summed E-state index contributed by atoms with van der Waals surface area (Å²) in [4.78, 5) is 99.3. The van der Waals surface area contributed by atoms with Crippen LogP contribution in [0, 0.1) is 17.3 Å². The first kappa shape index (κ1) is 58.0. The Labute approximate surface area is 465 Å². The molecule has 0 radical (unpaired) electrons. The van der Waals surface area contributed by atoms with Crippen LogP contribution in [0.1, 0.15) is 148 Å². The highest BCUT2D eigenvalue weighted by molar-refractivity contribution is 5.96. The molecule has 0 spiro atoms. The van der Waals surface area contributed by atoms with Gasteiger partial charge in [0.05, 0.1) is 36.6 Å². The molecule has 3 aliphatic carbocycles. The quantitative estimate of drug-likeness (QED) is 0.0555. The molecule has 8 rings (SSSR count). The van der Waals surface area contributed by atoms with Crippen LogP contribution in [0.3, 0.4) is 0 Å². The van der Waals surface area contributed by atoms with Gasteiger partial charge in [-0.2, -0.15) is 0 Å². The van der Waals surface area contributed by atoms with Crippen LogP contribution in [0.4, 0.5) is 0 Å². The van der Waals surface area contributed by atoms with E-state index < -0.39 is 53.4 Å². The molecule has 7 N–H and O–H groups in total. The van der Waals surface area contributed by atoms with Gasteiger partial charge in [0.15, 0.2) is 0 Å². The summed E-state index contributed by atoms with van der Waals surface area (Å²) in [5.74, 6) is -2.72. The summed E-state index contributed by atoms with van der Waals surface area (Å²) >= 11 is 0. The van der Waals surface area contributed by atoms with E-state index in [-0.39, 0.29) is 73.6 Å². The summed E-state index contributed by atoms with van der Waals surface area (Å²) in [5, 5.41) is 19.8. The van der Waals surface area contributed by atoms with Crippen molar-refractivity contribution in [3.8, 4) is 5.75 Å². The molecule has 1 saturated heterocycles. The second-order valence-electron chi connectivity index (χ2n) is 23.1. The fourth-order valence-electron chi connectivity index (χ4n) is 11.5. The van der Waals surface area contributed by atoms with E-state index in [2.05, 4.69) is 55.5 Å². The third kappa shape index (κ3) is 14.4. The van der Waals surface area contributed by atoms with Crippen LogP contribution in [0.2, 0.25) is 0 Å². The van der Waals surface area contributed by atoms with Gasteiger partial charge in [-0.1, -0.05) is 106 Å². The van der Waals surface area contributed by atoms with E-state index >= 15 is 0 Å². The molecule has 2 fully saturated rings. The Kier molecular flexibility index (Phi) is 19.3. The first-order chi connectivity index (χ1) is 37.9.